The minimum atomic E-state index is 0.118. The molecular formula is C15H14BrNOS. The molecule has 0 aliphatic heterocycles. The zero-order chi connectivity index (χ0) is 13.7. The van der Waals surface area contributed by atoms with Crippen LogP contribution in [0.2, 0.25) is 0 Å². The summed E-state index contributed by atoms with van der Waals surface area (Å²) >= 11 is 5.13. The second-order valence-electron chi connectivity index (χ2n) is 4.07. The maximum absolute atomic E-state index is 12.1. The van der Waals surface area contributed by atoms with Gasteiger partial charge in [0.15, 0.2) is 5.78 Å². The van der Waals surface area contributed by atoms with Gasteiger partial charge < -0.3 is 0 Å². The normalized spacial score (nSPS) is 10.4. The van der Waals surface area contributed by atoms with Crippen molar-refractivity contribution in [3.63, 3.8) is 0 Å². The number of Topliss-reactive ketones (excluding diaryl/α,β-unsaturated/α-hetero) is 1. The van der Waals surface area contributed by atoms with Crippen LogP contribution in [0.1, 0.15) is 22.8 Å². The lowest BCUT2D eigenvalue weighted by Crippen LogP contribution is -2.03. The third-order valence-corrected chi connectivity index (χ3v) is 3.94. The molecule has 1 heterocycles. The zero-order valence-electron chi connectivity index (χ0n) is 10.6. The van der Waals surface area contributed by atoms with E-state index in [1.807, 2.05) is 30.3 Å². The SMILES string of the molecule is CCSc1ccc(C(=O)Cc2cncc(Br)c2)cc1. The van der Waals surface area contributed by atoms with Crippen molar-refractivity contribution in [1.29, 1.82) is 0 Å². The first-order valence-corrected chi connectivity index (χ1v) is 7.82. The number of halogens is 1. The summed E-state index contributed by atoms with van der Waals surface area (Å²) in [6.45, 7) is 2.12. The number of pyridine rings is 1. The first-order valence-electron chi connectivity index (χ1n) is 6.04. The Morgan fingerprint density at radius 2 is 2.00 bits per heavy atom. The highest BCUT2D eigenvalue weighted by atomic mass is 79.9. The van der Waals surface area contributed by atoms with Gasteiger partial charge in [-0.1, -0.05) is 19.1 Å². The smallest absolute Gasteiger partial charge is 0.167 e. The van der Waals surface area contributed by atoms with Gasteiger partial charge in [-0.25, -0.2) is 0 Å². The van der Waals surface area contributed by atoms with Crippen LogP contribution in [0.25, 0.3) is 0 Å². The summed E-state index contributed by atoms with van der Waals surface area (Å²) in [5.74, 6) is 1.16. The van der Waals surface area contributed by atoms with E-state index in [1.54, 1.807) is 24.2 Å². The number of nitrogens with zero attached hydrogens (tertiary/aromatic N) is 1. The molecule has 2 aromatic rings. The Morgan fingerprint density at radius 3 is 2.63 bits per heavy atom. The van der Waals surface area contributed by atoms with Crippen LogP contribution in [0.15, 0.2) is 52.1 Å². The molecule has 0 saturated heterocycles. The van der Waals surface area contributed by atoms with E-state index in [0.717, 1.165) is 21.4 Å². The first kappa shape index (κ1) is 14.3. The van der Waals surface area contributed by atoms with Crippen molar-refractivity contribution >= 4 is 33.5 Å². The van der Waals surface area contributed by atoms with Crippen molar-refractivity contribution < 1.29 is 4.79 Å². The number of carbonyl (C=O) groups excluding carboxylic acids is 1. The van der Waals surface area contributed by atoms with Gasteiger partial charge in [0, 0.05) is 33.7 Å². The van der Waals surface area contributed by atoms with Crippen LogP contribution in [0.5, 0.6) is 0 Å². The molecule has 0 aliphatic rings. The average Bonchev–Trinajstić information content (AvgIpc) is 2.40. The largest absolute Gasteiger partial charge is 0.294 e. The molecule has 2 rings (SSSR count). The van der Waals surface area contributed by atoms with Gasteiger partial charge in [0.05, 0.1) is 0 Å². The Bertz CT molecular complexity index is 569. The molecular weight excluding hydrogens is 322 g/mol. The van der Waals surface area contributed by atoms with Crippen molar-refractivity contribution in [2.45, 2.75) is 18.2 Å². The monoisotopic (exact) mass is 335 g/mol. The highest BCUT2D eigenvalue weighted by molar-refractivity contribution is 9.10. The minimum Gasteiger partial charge on any atom is -0.294 e. The van der Waals surface area contributed by atoms with Gasteiger partial charge in [0.25, 0.3) is 0 Å². The summed E-state index contributed by atoms with van der Waals surface area (Å²) in [5.41, 5.74) is 1.67. The summed E-state index contributed by atoms with van der Waals surface area (Å²) in [6, 6.07) is 9.71. The van der Waals surface area contributed by atoms with Crippen molar-refractivity contribution in [3.8, 4) is 0 Å². The Hall–Kier alpha value is -1.13. The molecule has 19 heavy (non-hydrogen) atoms. The molecule has 0 amide bonds. The molecule has 0 radical (unpaired) electrons. The Balaban J connectivity index is 2.07. The fourth-order valence-electron chi connectivity index (χ4n) is 1.74. The second kappa shape index (κ2) is 6.87. The fraction of sp³-hybridized carbons (Fsp3) is 0.200. The zero-order valence-corrected chi connectivity index (χ0v) is 13.0. The number of hydrogen-bond donors (Lipinski definition) is 0. The van der Waals surface area contributed by atoms with E-state index in [0.29, 0.717) is 6.42 Å². The molecule has 0 bridgehead atoms. The molecule has 0 aliphatic carbocycles. The predicted molar refractivity (Wildman–Crippen MR) is 82.8 cm³/mol. The number of thioether (sulfide) groups is 1. The van der Waals surface area contributed by atoms with Gasteiger partial charge in [-0.05, 0) is 45.4 Å². The van der Waals surface area contributed by atoms with Gasteiger partial charge in [-0.2, -0.15) is 0 Å². The molecule has 1 aromatic carbocycles. The third-order valence-electron chi connectivity index (χ3n) is 2.61. The van der Waals surface area contributed by atoms with Crippen LogP contribution in [-0.4, -0.2) is 16.5 Å². The maximum atomic E-state index is 12.1. The number of hydrogen-bond acceptors (Lipinski definition) is 3. The van der Waals surface area contributed by atoms with Crippen molar-refractivity contribution in [3.05, 3.63) is 58.3 Å². The molecule has 0 unspecified atom stereocenters. The average molecular weight is 336 g/mol. The number of ketones is 1. The molecule has 0 atom stereocenters. The highest BCUT2D eigenvalue weighted by Crippen LogP contribution is 2.19. The van der Waals surface area contributed by atoms with Crippen molar-refractivity contribution in [1.82, 2.24) is 4.98 Å². The van der Waals surface area contributed by atoms with Crippen LogP contribution in [0.3, 0.4) is 0 Å². The molecule has 0 saturated carbocycles. The van der Waals surface area contributed by atoms with E-state index in [-0.39, 0.29) is 5.78 Å². The molecule has 4 heteroatoms. The molecule has 0 spiro atoms. The van der Waals surface area contributed by atoms with Crippen LogP contribution >= 0.6 is 27.7 Å². The predicted octanol–water partition coefficient (Wildman–Crippen LogP) is 4.38. The second-order valence-corrected chi connectivity index (χ2v) is 6.32. The van der Waals surface area contributed by atoms with Gasteiger partial charge in [0.1, 0.15) is 0 Å². The maximum Gasteiger partial charge on any atom is 0.167 e. The quantitative estimate of drug-likeness (QED) is 0.599. The van der Waals surface area contributed by atoms with Gasteiger partial charge in [-0.15, -0.1) is 11.8 Å². The molecule has 0 fully saturated rings. The number of rotatable bonds is 5. The van der Waals surface area contributed by atoms with E-state index in [4.69, 9.17) is 0 Å². The van der Waals surface area contributed by atoms with Crippen molar-refractivity contribution in [2.24, 2.45) is 0 Å². The molecule has 98 valence electrons. The fourth-order valence-corrected chi connectivity index (χ4v) is 2.82. The van der Waals surface area contributed by atoms with Gasteiger partial charge in [-0.3, -0.25) is 9.78 Å². The lowest BCUT2D eigenvalue weighted by Gasteiger charge is -2.03. The summed E-state index contributed by atoms with van der Waals surface area (Å²) in [6.07, 6.45) is 3.82. The summed E-state index contributed by atoms with van der Waals surface area (Å²) in [7, 11) is 0. The Morgan fingerprint density at radius 1 is 1.26 bits per heavy atom. The Kier molecular flexibility index (Phi) is 5.16. The van der Waals surface area contributed by atoms with Crippen molar-refractivity contribution in [2.75, 3.05) is 5.75 Å². The number of aromatic nitrogens is 1. The lowest BCUT2D eigenvalue weighted by atomic mass is 10.0. The van der Waals surface area contributed by atoms with Gasteiger partial charge in [0.2, 0.25) is 0 Å². The van der Waals surface area contributed by atoms with E-state index >= 15 is 0 Å². The Labute approximate surface area is 125 Å². The van der Waals surface area contributed by atoms with E-state index < -0.39 is 0 Å². The standard InChI is InChI=1S/C15H14BrNOS/c1-2-19-14-5-3-12(4-6-14)15(18)8-11-7-13(16)10-17-9-11/h3-7,9-10H,2,8H2,1H3. The summed E-state index contributed by atoms with van der Waals surface area (Å²) in [5, 5.41) is 0. The minimum absolute atomic E-state index is 0.118. The van der Waals surface area contributed by atoms with E-state index in [2.05, 4.69) is 27.8 Å². The lowest BCUT2D eigenvalue weighted by molar-refractivity contribution is 0.0993. The van der Waals surface area contributed by atoms with Gasteiger partial charge >= 0.3 is 0 Å². The molecule has 0 N–H and O–H groups in total. The van der Waals surface area contributed by atoms with Crippen LogP contribution in [-0.2, 0) is 6.42 Å². The van der Waals surface area contributed by atoms with Crippen LogP contribution in [0, 0.1) is 0 Å². The summed E-state index contributed by atoms with van der Waals surface area (Å²) in [4.78, 5) is 17.4. The number of carbonyl (C=O) groups is 1. The molecule has 2 nitrogen and oxygen atoms in total. The highest BCUT2D eigenvalue weighted by Gasteiger charge is 2.07. The van der Waals surface area contributed by atoms with E-state index in [9.17, 15) is 4.79 Å². The van der Waals surface area contributed by atoms with Crippen LogP contribution in [0.4, 0.5) is 0 Å². The number of benzene rings is 1. The first-order chi connectivity index (χ1) is 9.19. The molecule has 1 aromatic heterocycles. The topological polar surface area (TPSA) is 30.0 Å². The summed E-state index contributed by atoms with van der Waals surface area (Å²) < 4.78 is 0.896. The van der Waals surface area contributed by atoms with E-state index in [1.165, 1.54) is 4.90 Å². The third kappa shape index (κ3) is 4.18. The van der Waals surface area contributed by atoms with Crippen LogP contribution < -0.4 is 0 Å².